The molecule has 2 atom stereocenters. The predicted octanol–water partition coefficient (Wildman–Crippen LogP) is 2.49. The third-order valence-electron chi connectivity index (χ3n) is 3.90. The Morgan fingerprint density at radius 2 is 2.47 bits per heavy atom. The largest absolute Gasteiger partial charge is 0.472 e. The molecule has 1 saturated heterocycles. The summed E-state index contributed by atoms with van der Waals surface area (Å²) in [7, 11) is 0. The number of hydrogen-bond donors (Lipinski definition) is 1. The molecule has 0 aliphatic carbocycles. The Labute approximate surface area is 104 Å². The maximum absolute atomic E-state index is 5.08. The van der Waals surface area contributed by atoms with E-state index in [1.165, 1.54) is 38.0 Å². The summed E-state index contributed by atoms with van der Waals surface area (Å²) in [5, 5.41) is 3.61. The number of likely N-dealkylation sites (tertiary alicyclic amines) is 1. The molecular weight excluding hydrogens is 212 g/mol. The predicted molar refractivity (Wildman–Crippen MR) is 69.8 cm³/mol. The summed E-state index contributed by atoms with van der Waals surface area (Å²) in [6.07, 6.45) is 6.26. The molecule has 0 amide bonds. The molecule has 2 rings (SSSR count). The van der Waals surface area contributed by atoms with Gasteiger partial charge in [-0.3, -0.25) is 0 Å². The summed E-state index contributed by atoms with van der Waals surface area (Å²) in [5.41, 5.74) is 1.24. The van der Waals surface area contributed by atoms with Gasteiger partial charge in [-0.1, -0.05) is 6.92 Å². The van der Waals surface area contributed by atoms with Crippen LogP contribution in [0.2, 0.25) is 0 Å². The fourth-order valence-corrected chi connectivity index (χ4v) is 2.63. The molecule has 0 bridgehead atoms. The van der Waals surface area contributed by atoms with Crippen LogP contribution in [0.25, 0.3) is 0 Å². The summed E-state index contributed by atoms with van der Waals surface area (Å²) < 4.78 is 5.08. The topological polar surface area (TPSA) is 28.4 Å². The zero-order valence-corrected chi connectivity index (χ0v) is 11.0. The standard InChI is InChI=1S/C14H24N2O/c1-3-16-7-4-5-14(10-16)12(2)15-9-13-6-8-17-11-13/h6,8,11-12,14-15H,3-5,7,9-10H2,1-2H3. The van der Waals surface area contributed by atoms with E-state index in [0.29, 0.717) is 6.04 Å². The van der Waals surface area contributed by atoms with Crippen LogP contribution in [0.1, 0.15) is 32.3 Å². The van der Waals surface area contributed by atoms with Crippen molar-refractivity contribution in [3.8, 4) is 0 Å². The number of nitrogens with zero attached hydrogens (tertiary/aromatic N) is 1. The van der Waals surface area contributed by atoms with E-state index in [0.717, 1.165) is 12.5 Å². The molecule has 0 radical (unpaired) electrons. The average Bonchev–Trinajstić information content (AvgIpc) is 2.89. The van der Waals surface area contributed by atoms with Gasteiger partial charge in [0.05, 0.1) is 12.5 Å². The fourth-order valence-electron chi connectivity index (χ4n) is 2.63. The van der Waals surface area contributed by atoms with Crippen LogP contribution >= 0.6 is 0 Å². The minimum absolute atomic E-state index is 0.583. The molecule has 0 saturated carbocycles. The summed E-state index contributed by atoms with van der Waals surface area (Å²) in [5.74, 6) is 0.788. The average molecular weight is 236 g/mol. The van der Waals surface area contributed by atoms with Crippen LogP contribution in [0.5, 0.6) is 0 Å². The Morgan fingerprint density at radius 3 is 3.18 bits per heavy atom. The van der Waals surface area contributed by atoms with Gasteiger partial charge in [0.15, 0.2) is 0 Å². The van der Waals surface area contributed by atoms with E-state index >= 15 is 0 Å². The van der Waals surface area contributed by atoms with Crippen LogP contribution in [-0.2, 0) is 6.54 Å². The lowest BCUT2D eigenvalue weighted by Gasteiger charge is -2.35. The van der Waals surface area contributed by atoms with Gasteiger partial charge in [0.25, 0.3) is 0 Å². The first kappa shape index (κ1) is 12.7. The highest BCUT2D eigenvalue weighted by atomic mass is 16.3. The Balaban J connectivity index is 1.76. The quantitative estimate of drug-likeness (QED) is 0.851. The van der Waals surface area contributed by atoms with Crippen LogP contribution < -0.4 is 5.32 Å². The van der Waals surface area contributed by atoms with Crippen molar-refractivity contribution in [3.63, 3.8) is 0 Å². The number of hydrogen-bond acceptors (Lipinski definition) is 3. The van der Waals surface area contributed by atoms with E-state index in [2.05, 4.69) is 24.1 Å². The van der Waals surface area contributed by atoms with Crippen LogP contribution in [0.4, 0.5) is 0 Å². The lowest BCUT2D eigenvalue weighted by Crippen LogP contribution is -2.44. The first-order valence-electron chi connectivity index (χ1n) is 6.76. The van der Waals surface area contributed by atoms with Gasteiger partial charge < -0.3 is 14.6 Å². The molecule has 3 heteroatoms. The van der Waals surface area contributed by atoms with E-state index < -0.39 is 0 Å². The molecule has 1 fully saturated rings. The zero-order valence-electron chi connectivity index (χ0n) is 11.0. The minimum Gasteiger partial charge on any atom is -0.472 e. The van der Waals surface area contributed by atoms with Gasteiger partial charge in [-0.25, -0.2) is 0 Å². The molecule has 0 spiro atoms. The first-order valence-corrected chi connectivity index (χ1v) is 6.76. The maximum Gasteiger partial charge on any atom is 0.0947 e. The SMILES string of the molecule is CCN1CCCC(C(C)NCc2ccoc2)C1. The summed E-state index contributed by atoms with van der Waals surface area (Å²) in [6, 6.07) is 2.61. The van der Waals surface area contributed by atoms with Crippen molar-refractivity contribution < 1.29 is 4.42 Å². The van der Waals surface area contributed by atoms with Gasteiger partial charge in [0.2, 0.25) is 0 Å². The third kappa shape index (κ3) is 3.58. The lowest BCUT2D eigenvalue weighted by molar-refractivity contribution is 0.157. The number of furan rings is 1. The van der Waals surface area contributed by atoms with E-state index in [-0.39, 0.29) is 0 Å². The zero-order chi connectivity index (χ0) is 12.1. The summed E-state index contributed by atoms with van der Waals surface area (Å²) >= 11 is 0. The molecule has 1 N–H and O–H groups in total. The van der Waals surface area contributed by atoms with Crippen LogP contribution in [0, 0.1) is 5.92 Å². The second kappa shape index (κ2) is 6.22. The number of nitrogens with one attached hydrogen (secondary N) is 1. The molecule has 1 aliphatic heterocycles. The van der Waals surface area contributed by atoms with E-state index in [1.54, 1.807) is 6.26 Å². The van der Waals surface area contributed by atoms with E-state index in [1.807, 2.05) is 12.3 Å². The minimum atomic E-state index is 0.583. The Kier molecular flexibility index (Phi) is 4.63. The van der Waals surface area contributed by atoms with Gasteiger partial charge in [0, 0.05) is 24.7 Å². The molecule has 2 heterocycles. The molecule has 1 aromatic heterocycles. The highest BCUT2D eigenvalue weighted by Crippen LogP contribution is 2.19. The summed E-state index contributed by atoms with van der Waals surface area (Å²) in [6.45, 7) is 9.19. The Bertz CT molecular complexity index is 310. The van der Waals surface area contributed by atoms with Gasteiger partial charge in [-0.05, 0) is 44.8 Å². The van der Waals surface area contributed by atoms with Crippen molar-refractivity contribution >= 4 is 0 Å². The Morgan fingerprint density at radius 1 is 1.59 bits per heavy atom. The molecule has 2 unspecified atom stereocenters. The Hall–Kier alpha value is -0.800. The van der Waals surface area contributed by atoms with Crippen molar-refractivity contribution in [1.82, 2.24) is 10.2 Å². The van der Waals surface area contributed by atoms with Crippen molar-refractivity contribution in [2.45, 2.75) is 39.3 Å². The highest BCUT2D eigenvalue weighted by Gasteiger charge is 2.23. The normalized spacial score (nSPS) is 23.8. The first-order chi connectivity index (χ1) is 8.29. The lowest BCUT2D eigenvalue weighted by atomic mass is 9.91. The fraction of sp³-hybridized carbons (Fsp3) is 0.714. The van der Waals surface area contributed by atoms with Crippen molar-refractivity contribution in [2.75, 3.05) is 19.6 Å². The molecule has 3 nitrogen and oxygen atoms in total. The van der Waals surface area contributed by atoms with Gasteiger partial charge in [-0.15, -0.1) is 0 Å². The van der Waals surface area contributed by atoms with Gasteiger partial charge in [0.1, 0.15) is 0 Å². The molecule has 96 valence electrons. The molecule has 1 aliphatic rings. The molecular formula is C14H24N2O. The van der Waals surface area contributed by atoms with Crippen molar-refractivity contribution in [2.24, 2.45) is 5.92 Å². The van der Waals surface area contributed by atoms with E-state index in [4.69, 9.17) is 4.42 Å². The second-order valence-electron chi connectivity index (χ2n) is 5.10. The number of rotatable bonds is 5. The maximum atomic E-state index is 5.08. The van der Waals surface area contributed by atoms with Crippen LogP contribution in [0.15, 0.2) is 23.0 Å². The third-order valence-corrected chi connectivity index (χ3v) is 3.90. The molecule has 1 aromatic rings. The highest BCUT2D eigenvalue weighted by molar-refractivity contribution is 5.04. The van der Waals surface area contributed by atoms with Crippen LogP contribution in [0.3, 0.4) is 0 Å². The molecule has 0 aromatic carbocycles. The van der Waals surface area contributed by atoms with Crippen LogP contribution in [-0.4, -0.2) is 30.6 Å². The van der Waals surface area contributed by atoms with Crippen molar-refractivity contribution in [3.05, 3.63) is 24.2 Å². The number of piperidine rings is 1. The van der Waals surface area contributed by atoms with E-state index in [9.17, 15) is 0 Å². The van der Waals surface area contributed by atoms with Crippen molar-refractivity contribution in [1.29, 1.82) is 0 Å². The molecule has 17 heavy (non-hydrogen) atoms. The summed E-state index contributed by atoms with van der Waals surface area (Å²) in [4.78, 5) is 2.56. The smallest absolute Gasteiger partial charge is 0.0947 e. The monoisotopic (exact) mass is 236 g/mol. The second-order valence-corrected chi connectivity index (χ2v) is 5.10. The van der Waals surface area contributed by atoms with Gasteiger partial charge >= 0.3 is 0 Å². The van der Waals surface area contributed by atoms with Gasteiger partial charge in [-0.2, -0.15) is 0 Å².